The van der Waals surface area contributed by atoms with Crippen LogP contribution < -0.4 is 4.90 Å². The number of anilines is 1. The summed E-state index contributed by atoms with van der Waals surface area (Å²) in [4.78, 5) is 17.4. The third kappa shape index (κ3) is 4.65. The first-order valence-electron chi connectivity index (χ1n) is 11.1. The van der Waals surface area contributed by atoms with Gasteiger partial charge in [0.15, 0.2) is 0 Å². The van der Waals surface area contributed by atoms with Crippen molar-refractivity contribution >= 4 is 21.6 Å². The van der Waals surface area contributed by atoms with Gasteiger partial charge in [-0.15, -0.1) is 0 Å². The molecule has 3 heterocycles. The molecule has 0 N–H and O–H groups in total. The first kappa shape index (κ1) is 21.9. The Kier molecular flexibility index (Phi) is 6.39. The molecule has 0 unspecified atom stereocenters. The van der Waals surface area contributed by atoms with Gasteiger partial charge in [0.2, 0.25) is 10.0 Å². The molecule has 0 radical (unpaired) electrons. The summed E-state index contributed by atoms with van der Waals surface area (Å²) in [5.41, 5.74) is 1.24. The van der Waals surface area contributed by atoms with E-state index in [1.165, 1.54) is 0 Å². The number of furan rings is 1. The van der Waals surface area contributed by atoms with E-state index in [1.54, 1.807) is 34.5 Å². The number of hydrogen-bond acceptors (Lipinski definition) is 5. The minimum Gasteiger partial charge on any atom is -0.464 e. The number of hydrogen-bond donors (Lipinski definition) is 0. The van der Waals surface area contributed by atoms with E-state index in [-0.39, 0.29) is 10.8 Å². The monoisotopic (exact) mass is 445 g/mol. The molecule has 0 atom stereocenters. The Bertz CT molecular complexity index is 1030. The van der Waals surface area contributed by atoms with Crippen molar-refractivity contribution < 1.29 is 17.6 Å². The van der Waals surface area contributed by atoms with Crippen molar-refractivity contribution in [1.82, 2.24) is 9.21 Å². The smallest absolute Gasteiger partial charge is 0.256 e. The quantitative estimate of drug-likeness (QED) is 0.679. The van der Waals surface area contributed by atoms with Crippen molar-refractivity contribution in [1.29, 1.82) is 0 Å². The molecule has 0 spiro atoms. The van der Waals surface area contributed by atoms with Crippen LogP contribution in [0.25, 0.3) is 0 Å². The summed E-state index contributed by atoms with van der Waals surface area (Å²) in [6, 6.07) is 8.77. The lowest BCUT2D eigenvalue weighted by Gasteiger charge is -2.27. The first-order chi connectivity index (χ1) is 14.9. The second-order valence-electron chi connectivity index (χ2n) is 8.51. The van der Waals surface area contributed by atoms with Gasteiger partial charge < -0.3 is 14.2 Å². The molecule has 1 amide bonds. The van der Waals surface area contributed by atoms with E-state index in [0.29, 0.717) is 31.0 Å². The fourth-order valence-corrected chi connectivity index (χ4v) is 5.96. The Morgan fingerprint density at radius 1 is 1.00 bits per heavy atom. The lowest BCUT2D eigenvalue weighted by molar-refractivity contribution is 0.0775. The second-order valence-corrected chi connectivity index (χ2v) is 10.4. The highest BCUT2D eigenvalue weighted by Gasteiger charge is 2.29. The van der Waals surface area contributed by atoms with Gasteiger partial charge >= 0.3 is 0 Å². The largest absolute Gasteiger partial charge is 0.464 e. The predicted molar refractivity (Wildman–Crippen MR) is 120 cm³/mol. The molecule has 2 saturated heterocycles. The number of nitrogens with zero attached hydrogens (tertiary/aromatic N) is 3. The van der Waals surface area contributed by atoms with E-state index in [1.807, 2.05) is 19.1 Å². The van der Waals surface area contributed by atoms with Crippen LogP contribution in [0, 0.1) is 6.92 Å². The molecule has 7 nitrogen and oxygen atoms in total. The van der Waals surface area contributed by atoms with Gasteiger partial charge in [0, 0.05) is 38.9 Å². The summed E-state index contributed by atoms with van der Waals surface area (Å²) in [5.74, 6) is 1.29. The van der Waals surface area contributed by atoms with Crippen LogP contribution in [-0.4, -0.2) is 56.8 Å². The molecule has 0 saturated carbocycles. The number of sulfonamides is 1. The number of carbonyl (C=O) groups excluding carboxylic acids is 1. The highest BCUT2D eigenvalue weighted by molar-refractivity contribution is 7.89. The number of aryl methyl sites for hydroxylation is 1. The van der Waals surface area contributed by atoms with Gasteiger partial charge in [0.1, 0.15) is 11.5 Å². The molecule has 1 aromatic carbocycles. The Balaban J connectivity index is 1.67. The number of rotatable bonds is 6. The molecule has 168 valence electrons. The topological polar surface area (TPSA) is 74.1 Å². The fraction of sp³-hybridized carbons (Fsp3) is 0.522. The van der Waals surface area contributed by atoms with Crippen molar-refractivity contribution in [2.45, 2.75) is 50.5 Å². The van der Waals surface area contributed by atoms with E-state index in [0.717, 1.165) is 56.6 Å². The SMILES string of the molecule is Cc1ccc(CN(C)C(=O)c2cc(S(=O)(=O)N3CCCCC3)ccc2N2CCCC2)o1. The zero-order chi connectivity index (χ0) is 22.0. The summed E-state index contributed by atoms with van der Waals surface area (Å²) >= 11 is 0. The van der Waals surface area contributed by atoms with Gasteiger partial charge in [0.05, 0.1) is 17.0 Å². The van der Waals surface area contributed by atoms with Crippen LogP contribution in [0.4, 0.5) is 5.69 Å². The van der Waals surface area contributed by atoms with Gasteiger partial charge in [-0.2, -0.15) is 4.31 Å². The summed E-state index contributed by atoms with van der Waals surface area (Å²) < 4.78 is 33.6. The molecule has 2 aromatic rings. The normalized spacial score (nSPS) is 17.8. The third-order valence-corrected chi connectivity index (χ3v) is 8.03. The summed E-state index contributed by atoms with van der Waals surface area (Å²) in [6.45, 7) is 5.02. The Morgan fingerprint density at radius 2 is 1.68 bits per heavy atom. The van der Waals surface area contributed by atoms with Crippen LogP contribution in [0.3, 0.4) is 0 Å². The van der Waals surface area contributed by atoms with Crippen molar-refractivity contribution in [3.05, 3.63) is 47.4 Å². The Morgan fingerprint density at radius 3 is 2.32 bits per heavy atom. The van der Waals surface area contributed by atoms with Crippen molar-refractivity contribution in [2.75, 3.05) is 38.1 Å². The van der Waals surface area contributed by atoms with Crippen molar-refractivity contribution in [3.63, 3.8) is 0 Å². The maximum atomic E-state index is 13.4. The minimum absolute atomic E-state index is 0.197. The molecule has 0 aliphatic carbocycles. The zero-order valence-electron chi connectivity index (χ0n) is 18.3. The van der Waals surface area contributed by atoms with Crippen molar-refractivity contribution in [2.24, 2.45) is 0 Å². The molecule has 2 aliphatic heterocycles. The van der Waals surface area contributed by atoms with Crippen molar-refractivity contribution in [3.8, 4) is 0 Å². The van der Waals surface area contributed by atoms with Gasteiger partial charge in [0.25, 0.3) is 5.91 Å². The van der Waals surface area contributed by atoms with E-state index in [9.17, 15) is 13.2 Å². The molecule has 2 fully saturated rings. The predicted octanol–water partition coefficient (Wildman–Crippen LogP) is 3.64. The highest BCUT2D eigenvalue weighted by atomic mass is 32.2. The van der Waals surface area contributed by atoms with Gasteiger partial charge in [-0.25, -0.2) is 8.42 Å². The maximum absolute atomic E-state index is 13.4. The van der Waals surface area contributed by atoms with Gasteiger partial charge in [-0.05, 0) is 62.9 Å². The minimum atomic E-state index is -3.61. The molecule has 8 heteroatoms. The lowest BCUT2D eigenvalue weighted by atomic mass is 10.1. The van der Waals surface area contributed by atoms with E-state index in [4.69, 9.17) is 4.42 Å². The molecule has 1 aromatic heterocycles. The molecule has 2 aliphatic rings. The van der Waals surface area contributed by atoms with Crippen LogP contribution in [0.15, 0.2) is 39.6 Å². The van der Waals surface area contributed by atoms with E-state index < -0.39 is 10.0 Å². The van der Waals surface area contributed by atoms with Crippen LogP contribution in [0.1, 0.15) is 54.0 Å². The number of amides is 1. The summed E-state index contributed by atoms with van der Waals surface area (Å²) in [7, 11) is -1.89. The van der Waals surface area contributed by atoms with E-state index in [2.05, 4.69) is 4.90 Å². The summed E-state index contributed by atoms with van der Waals surface area (Å²) in [5, 5.41) is 0. The molecular weight excluding hydrogens is 414 g/mol. The van der Waals surface area contributed by atoms with Crippen LogP contribution in [-0.2, 0) is 16.6 Å². The van der Waals surface area contributed by atoms with Crippen LogP contribution >= 0.6 is 0 Å². The Labute approximate surface area is 184 Å². The van der Waals surface area contributed by atoms with Crippen LogP contribution in [0.2, 0.25) is 0 Å². The zero-order valence-corrected chi connectivity index (χ0v) is 19.2. The highest BCUT2D eigenvalue weighted by Crippen LogP contribution is 2.30. The number of carbonyl (C=O) groups is 1. The standard InChI is InChI=1S/C23H31N3O4S/c1-18-8-9-19(30-18)17-24(2)23(27)21-16-20(10-11-22(21)25-12-6-7-13-25)31(28,29)26-14-4-3-5-15-26/h8-11,16H,3-7,12-15,17H2,1-2H3. The maximum Gasteiger partial charge on any atom is 0.256 e. The van der Waals surface area contributed by atoms with Crippen LogP contribution in [0.5, 0.6) is 0 Å². The average molecular weight is 446 g/mol. The molecule has 4 rings (SSSR count). The molecule has 0 bridgehead atoms. The second kappa shape index (κ2) is 9.04. The number of benzene rings is 1. The van der Waals surface area contributed by atoms with Gasteiger partial charge in [-0.3, -0.25) is 4.79 Å². The van der Waals surface area contributed by atoms with Gasteiger partial charge in [-0.1, -0.05) is 6.42 Å². The molecule has 31 heavy (non-hydrogen) atoms. The van der Waals surface area contributed by atoms with E-state index >= 15 is 0 Å². The lowest BCUT2D eigenvalue weighted by Crippen LogP contribution is -2.36. The molecular formula is C23H31N3O4S. The third-order valence-electron chi connectivity index (χ3n) is 6.13. The Hall–Kier alpha value is -2.32. The fourth-order valence-electron chi connectivity index (χ4n) is 4.42. The summed E-state index contributed by atoms with van der Waals surface area (Å²) in [6.07, 6.45) is 4.96. The first-order valence-corrected chi connectivity index (χ1v) is 12.5. The number of piperidine rings is 1. The average Bonchev–Trinajstić information content (AvgIpc) is 3.45.